The fourth-order valence-corrected chi connectivity index (χ4v) is 1.35. The van der Waals surface area contributed by atoms with Crippen molar-refractivity contribution in [2.24, 2.45) is 5.92 Å². The minimum absolute atomic E-state index is 0.146. The molecule has 12 heavy (non-hydrogen) atoms. The summed E-state index contributed by atoms with van der Waals surface area (Å²) in [6.07, 6.45) is 3.41. The molecule has 0 fully saturated rings. The smallest absolute Gasteiger partial charge is 0.181 e. The van der Waals surface area contributed by atoms with Crippen molar-refractivity contribution in [1.29, 1.82) is 0 Å². The Kier molecular flexibility index (Phi) is 4.57. The predicted octanol–water partition coefficient (Wildman–Crippen LogP) is 3.12. The molecule has 0 saturated heterocycles. The molecular weight excluding hydrogens is 148 g/mol. The van der Waals surface area contributed by atoms with E-state index in [0.29, 0.717) is 5.92 Å². The molecule has 68 valence electrons. The molecule has 0 aliphatic heterocycles. The van der Waals surface area contributed by atoms with Gasteiger partial charge in [0.05, 0.1) is 0 Å². The van der Waals surface area contributed by atoms with E-state index in [1.807, 2.05) is 34.6 Å². The van der Waals surface area contributed by atoms with Gasteiger partial charge in [-0.25, -0.2) is 0 Å². The molecule has 0 amide bonds. The van der Waals surface area contributed by atoms with Gasteiger partial charge in [-0.05, 0) is 32.8 Å². The van der Waals surface area contributed by atoms with E-state index in [1.165, 1.54) is 0 Å². The van der Waals surface area contributed by atoms with Crippen LogP contribution in [0.4, 0.5) is 0 Å². The Morgan fingerprint density at radius 1 is 1.25 bits per heavy atom. The lowest BCUT2D eigenvalue weighted by Gasteiger charge is -2.09. The van der Waals surface area contributed by atoms with Crippen molar-refractivity contribution in [3.63, 3.8) is 0 Å². The SMILES string of the molecule is C/C=C/C(=O)C(=C(C)C)C(C)C. The number of allylic oxidation sites excluding steroid dienone is 4. The maximum Gasteiger partial charge on any atom is 0.181 e. The van der Waals surface area contributed by atoms with Crippen LogP contribution in [-0.4, -0.2) is 5.78 Å². The lowest BCUT2D eigenvalue weighted by molar-refractivity contribution is -0.111. The van der Waals surface area contributed by atoms with Crippen LogP contribution in [0.5, 0.6) is 0 Å². The molecule has 0 heterocycles. The van der Waals surface area contributed by atoms with Crippen LogP contribution in [0.2, 0.25) is 0 Å². The summed E-state index contributed by atoms with van der Waals surface area (Å²) in [6.45, 7) is 9.92. The van der Waals surface area contributed by atoms with Gasteiger partial charge < -0.3 is 0 Å². The third-order valence-electron chi connectivity index (χ3n) is 1.70. The van der Waals surface area contributed by atoms with Crippen molar-refractivity contribution < 1.29 is 4.79 Å². The number of rotatable bonds is 3. The van der Waals surface area contributed by atoms with Gasteiger partial charge in [0.1, 0.15) is 0 Å². The first-order valence-corrected chi connectivity index (χ1v) is 4.35. The molecule has 0 aromatic rings. The van der Waals surface area contributed by atoms with E-state index in [4.69, 9.17) is 0 Å². The minimum Gasteiger partial charge on any atom is -0.290 e. The average molecular weight is 166 g/mol. The van der Waals surface area contributed by atoms with Gasteiger partial charge in [0.2, 0.25) is 0 Å². The third kappa shape index (κ3) is 3.04. The van der Waals surface area contributed by atoms with Crippen LogP contribution in [0.1, 0.15) is 34.6 Å². The van der Waals surface area contributed by atoms with Gasteiger partial charge in [-0.2, -0.15) is 0 Å². The molecule has 0 aliphatic carbocycles. The Balaban J connectivity index is 4.79. The van der Waals surface area contributed by atoms with Gasteiger partial charge in [-0.1, -0.05) is 25.5 Å². The van der Waals surface area contributed by atoms with E-state index in [0.717, 1.165) is 11.1 Å². The lowest BCUT2D eigenvalue weighted by atomic mass is 9.94. The van der Waals surface area contributed by atoms with Crippen molar-refractivity contribution >= 4 is 5.78 Å². The summed E-state index contributed by atoms with van der Waals surface area (Å²) in [4.78, 5) is 11.5. The summed E-state index contributed by atoms with van der Waals surface area (Å²) in [5, 5.41) is 0. The molecule has 1 heteroatoms. The molecular formula is C11H18O. The zero-order valence-electron chi connectivity index (χ0n) is 8.64. The number of hydrogen-bond donors (Lipinski definition) is 0. The first-order chi connectivity index (χ1) is 5.50. The summed E-state index contributed by atoms with van der Waals surface area (Å²) in [5.74, 6) is 0.464. The van der Waals surface area contributed by atoms with Gasteiger partial charge in [0.15, 0.2) is 5.78 Å². The molecule has 1 nitrogen and oxygen atoms in total. The van der Waals surface area contributed by atoms with E-state index in [-0.39, 0.29) is 5.78 Å². The molecule has 0 aromatic carbocycles. The predicted molar refractivity (Wildman–Crippen MR) is 53.0 cm³/mol. The van der Waals surface area contributed by atoms with Crippen LogP contribution in [0.3, 0.4) is 0 Å². The van der Waals surface area contributed by atoms with E-state index >= 15 is 0 Å². The lowest BCUT2D eigenvalue weighted by Crippen LogP contribution is -2.07. The number of ketones is 1. The normalized spacial score (nSPS) is 10.8. The second-order valence-electron chi connectivity index (χ2n) is 3.43. The van der Waals surface area contributed by atoms with Crippen LogP contribution in [0.25, 0.3) is 0 Å². The highest BCUT2D eigenvalue weighted by atomic mass is 16.1. The molecule has 0 rings (SSSR count). The first-order valence-electron chi connectivity index (χ1n) is 4.35. The number of hydrogen-bond acceptors (Lipinski definition) is 1. The summed E-state index contributed by atoms with van der Waals surface area (Å²) in [7, 11) is 0. The van der Waals surface area contributed by atoms with E-state index in [1.54, 1.807) is 12.2 Å². The second kappa shape index (κ2) is 4.91. The van der Waals surface area contributed by atoms with Crippen LogP contribution in [0, 0.1) is 5.92 Å². The van der Waals surface area contributed by atoms with Crippen molar-refractivity contribution in [3.05, 3.63) is 23.3 Å². The molecule has 0 aromatic heterocycles. The van der Waals surface area contributed by atoms with E-state index in [9.17, 15) is 4.79 Å². The van der Waals surface area contributed by atoms with Gasteiger partial charge in [-0.15, -0.1) is 0 Å². The van der Waals surface area contributed by atoms with Gasteiger partial charge in [0.25, 0.3) is 0 Å². The Hall–Kier alpha value is -0.850. The molecule has 0 aliphatic rings. The molecule has 0 atom stereocenters. The fourth-order valence-electron chi connectivity index (χ4n) is 1.35. The minimum atomic E-state index is 0.146. The zero-order chi connectivity index (χ0) is 9.72. The van der Waals surface area contributed by atoms with Crippen molar-refractivity contribution in [1.82, 2.24) is 0 Å². The molecule has 0 N–H and O–H groups in total. The van der Waals surface area contributed by atoms with Crippen molar-refractivity contribution in [3.8, 4) is 0 Å². The Morgan fingerprint density at radius 3 is 2.00 bits per heavy atom. The van der Waals surface area contributed by atoms with Gasteiger partial charge in [0, 0.05) is 5.57 Å². The average Bonchev–Trinajstić information content (AvgIpc) is 1.85. The summed E-state index contributed by atoms with van der Waals surface area (Å²) in [5.41, 5.74) is 2.06. The van der Waals surface area contributed by atoms with Crippen LogP contribution in [-0.2, 0) is 4.79 Å². The van der Waals surface area contributed by atoms with E-state index in [2.05, 4.69) is 0 Å². The number of carbonyl (C=O) groups is 1. The summed E-state index contributed by atoms with van der Waals surface area (Å²) < 4.78 is 0. The van der Waals surface area contributed by atoms with Crippen molar-refractivity contribution in [2.75, 3.05) is 0 Å². The maximum atomic E-state index is 11.5. The molecule has 0 unspecified atom stereocenters. The summed E-state index contributed by atoms with van der Waals surface area (Å²) >= 11 is 0. The Labute approximate surface area is 75.2 Å². The Morgan fingerprint density at radius 2 is 1.75 bits per heavy atom. The first kappa shape index (κ1) is 11.2. The highest BCUT2D eigenvalue weighted by Gasteiger charge is 2.11. The quantitative estimate of drug-likeness (QED) is 0.589. The van der Waals surface area contributed by atoms with Crippen molar-refractivity contribution in [2.45, 2.75) is 34.6 Å². The zero-order valence-corrected chi connectivity index (χ0v) is 8.64. The second-order valence-corrected chi connectivity index (χ2v) is 3.43. The molecule has 0 spiro atoms. The highest BCUT2D eigenvalue weighted by Crippen LogP contribution is 2.15. The topological polar surface area (TPSA) is 17.1 Å². The van der Waals surface area contributed by atoms with Crippen LogP contribution < -0.4 is 0 Å². The van der Waals surface area contributed by atoms with Crippen LogP contribution >= 0.6 is 0 Å². The third-order valence-corrected chi connectivity index (χ3v) is 1.70. The fraction of sp³-hybridized carbons (Fsp3) is 0.545. The van der Waals surface area contributed by atoms with Crippen LogP contribution in [0.15, 0.2) is 23.3 Å². The largest absolute Gasteiger partial charge is 0.290 e. The van der Waals surface area contributed by atoms with Gasteiger partial charge in [-0.3, -0.25) is 4.79 Å². The molecule has 0 saturated carbocycles. The molecule has 0 bridgehead atoms. The molecule has 0 radical (unpaired) electrons. The Bertz CT molecular complexity index is 215. The number of carbonyl (C=O) groups excluding carboxylic acids is 1. The van der Waals surface area contributed by atoms with E-state index < -0.39 is 0 Å². The monoisotopic (exact) mass is 166 g/mol. The van der Waals surface area contributed by atoms with Gasteiger partial charge >= 0.3 is 0 Å². The maximum absolute atomic E-state index is 11.5. The summed E-state index contributed by atoms with van der Waals surface area (Å²) in [6, 6.07) is 0. The standard InChI is InChI=1S/C11H18O/c1-6-7-10(12)11(8(2)3)9(4)5/h6-8H,1-5H3/b7-6+. The highest BCUT2D eigenvalue weighted by molar-refractivity contribution is 6.04.